The van der Waals surface area contributed by atoms with Crippen LogP contribution < -0.4 is 5.73 Å². The Bertz CT molecular complexity index is 420. The molecule has 102 valence electrons. The second-order valence-electron chi connectivity index (χ2n) is 5.01. The topological polar surface area (TPSA) is 56.3 Å². The van der Waals surface area contributed by atoms with E-state index in [0.29, 0.717) is 6.42 Å². The van der Waals surface area contributed by atoms with Crippen molar-refractivity contribution in [2.24, 2.45) is 12.8 Å². The van der Waals surface area contributed by atoms with Crippen LogP contribution in [-0.4, -0.2) is 53.6 Å². The van der Waals surface area contributed by atoms with Gasteiger partial charge in [-0.1, -0.05) is 11.6 Å². The van der Waals surface area contributed by atoms with E-state index < -0.39 is 0 Å². The van der Waals surface area contributed by atoms with Crippen LogP contribution in [0.1, 0.15) is 11.4 Å². The molecule has 1 saturated heterocycles. The van der Waals surface area contributed by atoms with Gasteiger partial charge in [0.15, 0.2) is 0 Å². The van der Waals surface area contributed by atoms with E-state index in [1.54, 1.807) is 0 Å². The lowest BCUT2D eigenvalue weighted by molar-refractivity contribution is -0.0321. The summed E-state index contributed by atoms with van der Waals surface area (Å²) >= 11 is 6.24. The Balaban J connectivity index is 2.04. The highest BCUT2D eigenvalue weighted by atomic mass is 35.5. The fourth-order valence-corrected chi connectivity index (χ4v) is 2.56. The Morgan fingerprint density at radius 2 is 2.28 bits per heavy atom. The molecule has 0 spiro atoms. The average Bonchev–Trinajstić information content (AvgIpc) is 2.56. The van der Waals surface area contributed by atoms with Crippen LogP contribution in [0.4, 0.5) is 0 Å². The molecule has 5 nitrogen and oxygen atoms in total. The van der Waals surface area contributed by atoms with Gasteiger partial charge in [-0.3, -0.25) is 4.68 Å². The van der Waals surface area contributed by atoms with Crippen molar-refractivity contribution in [1.29, 1.82) is 0 Å². The summed E-state index contributed by atoms with van der Waals surface area (Å²) in [5.41, 5.74) is 8.07. The molecule has 6 heteroatoms. The van der Waals surface area contributed by atoms with Crippen LogP contribution in [0, 0.1) is 6.92 Å². The molecule has 0 amide bonds. The number of nitrogens with two attached hydrogens (primary N) is 1. The minimum atomic E-state index is -0.0555. The highest BCUT2D eigenvalue weighted by molar-refractivity contribution is 6.31. The van der Waals surface area contributed by atoms with Gasteiger partial charge in [0.2, 0.25) is 0 Å². The lowest BCUT2D eigenvalue weighted by Crippen LogP contribution is -2.50. The zero-order valence-corrected chi connectivity index (χ0v) is 11.9. The van der Waals surface area contributed by atoms with E-state index >= 15 is 0 Å². The van der Waals surface area contributed by atoms with Gasteiger partial charge in [-0.2, -0.15) is 5.10 Å². The van der Waals surface area contributed by atoms with Crippen LogP contribution >= 0.6 is 11.6 Å². The monoisotopic (exact) mass is 272 g/mol. The second-order valence-corrected chi connectivity index (χ2v) is 5.39. The van der Waals surface area contributed by atoms with Crippen molar-refractivity contribution >= 4 is 11.6 Å². The zero-order valence-electron chi connectivity index (χ0n) is 11.2. The van der Waals surface area contributed by atoms with Crippen molar-refractivity contribution in [3.8, 4) is 0 Å². The molecular formula is C12H21ClN4O. The van der Waals surface area contributed by atoms with Crippen molar-refractivity contribution in [3.63, 3.8) is 0 Å². The molecule has 2 unspecified atom stereocenters. The fourth-order valence-electron chi connectivity index (χ4n) is 2.33. The first-order valence-corrected chi connectivity index (χ1v) is 6.60. The van der Waals surface area contributed by atoms with Crippen molar-refractivity contribution in [2.75, 3.05) is 26.7 Å². The van der Waals surface area contributed by atoms with E-state index in [1.807, 2.05) is 18.7 Å². The van der Waals surface area contributed by atoms with Gasteiger partial charge in [-0.05, 0) is 14.0 Å². The molecule has 0 radical (unpaired) electrons. The van der Waals surface area contributed by atoms with E-state index in [1.165, 1.54) is 0 Å². The molecule has 1 fully saturated rings. The Kier molecular flexibility index (Phi) is 4.27. The normalized spacial score (nSPS) is 23.3. The highest BCUT2D eigenvalue weighted by Gasteiger charge is 2.26. The third-order valence-corrected chi connectivity index (χ3v) is 3.96. The Labute approximate surface area is 113 Å². The molecule has 2 N–H and O–H groups in total. The summed E-state index contributed by atoms with van der Waals surface area (Å²) in [6.45, 7) is 4.49. The molecule has 0 saturated carbocycles. The van der Waals surface area contributed by atoms with Crippen LogP contribution in [0.5, 0.6) is 0 Å². The molecule has 1 aromatic heterocycles. The first-order valence-electron chi connectivity index (χ1n) is 6.22. The minimum absolute atomic E-state index is 0.0555. The van der Waals surface area contributed by atoms with Crippen molar-refractivity contribution < 1.29 is 4.74 Å². The molecule has 0 aliphatic carbocycles. The second kappa shape index (κ2) is 5.57. The standard InChI is InChI=1S/C12H21ClN4O/c1-8-12(13)10(17(3)15-8)6-9(14)11-7-16(2)4-5-18-11/h9,11H,4-7,14H2,1-3H3. The number of rotatable bonds is 3. The summed E-state index contributed by atoms with van der Waals surface area (Å²) in [5.74, 6) is 0. The maximum absolute atomic E-state index is 6.24. The van der Waals surface area contributed by atoms with E-state index in [2.05, 4.69) is 17.0 Å². The number of halogens is 1. The highest BCUT2D eigenvalue weighted by Crippen LogP contribution is 2.21. The molecule has 1 aliphatic rings. The van der Waals surface area contributed by atoms with Gasteiger partial charge in [-0.25, -0.2) is 0 Å². The number of nitrogens with zero attached hydrogens (tertiary/aromatic N) is 3. The Hall–Kier alpha value is -0.620. The summed E-state index contributed by atoms with van der Waals surface area (Å²) in [6, 6.07) is -0.0555. The first-order chi connectivity index (χ1) is 8.49. The van der Waals surface area contributed by atoms with Gasteiger partial charge < -0.3 is 15.4 Å². The molecule has 1 aromatic rings. The molecule has 2 atom stereocenters. The molecule has 2 heterocycles. The molecular weight excluding hydrogens is 252 g/mol. The molecule has 1 aliphatic heterocycles. The smallest absolute Gasteiger partial charge is 0.0856 e. The Morgan fingerprint density at radius 1 is 1.56 bits per heavy atom. The first kappa shape index (κ1) is 13.8. The van der Waals surface area contributed by atoms with Gasteiger partial charge in [0.05, 0.1) is 29.1 Å². The van der Waals surface area contributed by atoms with Crippen LogP contribution in [0.2, 0.25) is 5.02 Å². The van der Waals surface area contributed by atoms with Gasteiger partial charge in [0, 0.05) is 32.6 Å². The lowest BCUT2D eigenvalue weighted by atomic mass is 10.0. The summed E-state index contributed by atoms with van der Waals surface area (Å²) < 4.78 is 7.54. The molecule has 0 aromatic carbocycles. The summed E-state index contributed by atoms with van der Waals surface area (Å²) in [7, 11) is 3.98. The van der Waals surface area contributed by atoms with Gasteiger partial charge in [0.1, 0.15) is 0 Å². The summed E-state index contributed by atoms with van der Waals surface area (Å²) in [5, 5.41) is 5.02. The number of ether oxygens (including phenoxy) is 1. The maximum Gasteiger partial charge on any atom is 0.0856 e. The number of hydrogen-bond acceptors (Lipinski definition) is 4. The fraction of sp³-hybridized carbons (Fsp3) is 0.750. The van der Waals surface area contributed by atoms with Gasteiger partial charge in [-0.15, -0.1) is 0 Å². The number of aromatic nitrogens is 2. The van der Waals surface area contributed by atoms with E-state index in [9.17, 15) is 0 Å². The summed E-state index contributed by atoms with van der Waals surface area (Å²) in [6.07, 6.45) is 0.754. The minimum Gasteiger partial charge on any atom is -0.374 e. The zero-order chi connectivity index (χ0) is 13.3. The largest absolute Gasteiger partial charge is 0.374 e. The van der Waals surface area contributed by atoms with Gasteiger partial charge >= 0.3 is 0 Å². The van der Waals surface area contributed by atoms with Crippen molar-refractivity contribution in [3.05, 3.63) is 16.4 Å². The van der Waals surface area contributed by atoms with Gasteiger partial charge in [0.25, 0.3) is 0 Å². The number of aryl methyl sites for hydroxylation is 2. The summed E-state index contributed by atoms with van der Waals surface area (Å²) in [4.78, 5) is 2.24. The predicted octanol–water partition coefficient (Wildman–Crippen LogP) is 0.582. The van der Waals surface area contributed by atoms with E-state index in [-0.39, 0.29) is 12.1 Å². The predicted molar refractivity (Wildman–Crippen MR) is 71.9 cm³/mol. The molecule has 18 heavy (non-hydrogen) atoms. The number of morpholine rings is 1. The van der Waals surface area contributed by atoms with E-state index in [4.69, 9.17) is 22.1 Å². The maximum atomic E-state index is 6.24. The number of likely N-dealkylation sites (N-methyl/N-ethyl adjacent to an activating group) is 1. The van der Waals surface area contributed by atoms with Crippen LogP contribution in [0.25, 0.3) is 0 Å². The van der Waals surface area contributed by atoms with Crippen LogP contribution in [-0.2, 0) is 18.2 Å². The van der Waals surface area contributed by atoms with E-state index in [0.717, 1.165) is 36.1 Å². The molecule has 2 rings (SSSR count). The van der Waals surface area contributed by atoms with Crippen molar-refractivity contribution in [2.45, 2.75) is 25.5 Å². The van der Waals surface area contributed by atoms with Crippen LogP contribution in [0.15, 0.2) is 0 Å². The SMILES string of the molecule is Cc1nn(C)c(CC(N)C2CN(C)CCO2)c1Cl. The quantitative estimate of drug-likeness (QED) is 0.875. The van der Waals surface area contributed by atoms with Crippen molar-refractivity contribution in [1.82, 2.24) is 14.7 Å². The third kappa shape index (κ3) is 2.85. The Morgan fingerprint density at radius 3 is 2.83 bits per heavy atom. The number of hydrogen-bond donors (Lipinski definition) is 1. The van der Waals surface area contributed by atoms with Crippen LogP contribution in [0.3, 0.4) is 0 Å². The lowest BCUT2D eigenvalue weighted by Gasteiger charge is -2.33. The molecule has 0 bridgehead atoms. The third-order valence-electron chi connectivity index (χ3n) is 3.46. The average molecular weight is 273 g/mol.